The predicted octanol–water partition coefficient (Wildman–Crippen LogP) is 5.72. The van der Waals surface area contributed by atoms with Gasteiger partial charge in [0.1, 0.15) is 5.75 Å². The molecule has 6 nitrogen and oxygen atoms in total. The molecule has 0 saturated heterocycles. The van der Waals surface area contributed by atoms with E-state index in [1.54, 1.807) is 18.5 Å². The molecular weight excluding hydrogens is 376 g/mol. The number of fused-ring (bicyclic) bond motifs is 1. The van der Waals surface area contributed by atoms with Gasteiger partial charge in [-0.2, -0.15) is 9.97 Å². The zero-order valence-electron chi connectivity index (χ0n) is 17.5. The molecular formula is C24H24N4O2. The second-order valence-electron chi connectivity index (χ2n) is 7.58. The number of anilines is 2. The van der Waals surface area contributed by atoms with E-state index in [0.29, 0.717) is 22.6 Å². The fourth-order valence-corrected chi connectivity index (χ4v) is 3.38. The van der Waals surface area contributed by atoms with Gasteiger partial charge in [-0.1, -0.05) is 26.0 Å². The van der Waals surface area contributed by atoms with Crippen molar-refractivity contribution in [2.24, 2.45) is 0 Å². The first-order chi connectivity index (χ1) is 14.4. The molecule has 0 atom stereocenters. The van der Waals surface area contributed by atoms with Crippen molar-refractivity contribution in [1.82, 2.24) is 15.0 Å². The summed E-state index contributed by atoms with van der Waals surface area (Å²) in [5, 5.41) is 10.7. The normalized spacial score (nSPS) is 11.1. The molecule has 4 aromatic rings. The summed E-state index contributed by atoms with van der Waals surface area (Å²) in [5.74, 6) is 0.979. The van der Waals surface area contributed by atoms with Crippen molar-refractivity contribution in [2.75, 3.05) is 11.9 Å². The van der Waals surface area contributed by atoms with Crippen LogP contribution in [0.15, 0.2) is 60.9 Å². The first-order valence-corrected chi connectivity index (χ1v) is 9.85. The lowest BCUT2D eigenvalue weighted by molar-refractivity contribution is 0.412. The van der Waals surface area contributed by atoms with E-state index in [2.05, 4.69) is 58.0 Å². The van der Waals surface area contributed by atoms with Crippen LogP contribution in [-0.2, 0) is 0 Å². The van der Waals surface area contributed by atoms with E-state index in [4.69, 9.17) is 4.74 Å². The van der Waals surface area contributed by atoms with E-state index >= 15 is 0 Å². The number of hydrogen-bond donors (Lipinski definition) is 1. The van der Waals surface area contributed by atoms with Crippen molar-refractivity contribution < 1.29 is 9.84 Å². The molecule has 0 aliphatic carbocycles. The zero-order valence-corrected chi connectivity index (χ0v) is 17.5. The van der Waals surface area contributed by atoms with Crippen molar-refractivity contribution in [3.63, 3.8) is 0 Å². The van der Waals surface area contributed by atoms with E-state index < -0.39 is 0 Å². The molecule has 4 rings (SSSR count). The second-order valence-corrected chi connectivity index (χ2v) is 7.58. The number of ether oxygens (including phenoxy) is 1. The smallest absolute Gasteiger partial charge is 0.325 e. The third-order valence-electron chi connectivity index (χ3n) is 5.14. The van der Waals surface area contributed by atoms with Gasteiger partial charge in [-0.25, -0.2) is 0 Å². The Hall–Kier alpha value is -3.67. The van der Waals surface area contributed by atoms with Gasteiger partial charge in [0.05, 0.1) is 17.1 Å². The summed E-state index contributed by atoms with van der Waals surface area (Å²) in [6.45, 7) is 6.41. The Morgan fingerprint density at radius 3 is 2.47 bits per heavy atom. The highest BCUT2D eigenvalue weighted by Crippen LogP contribution is 2.32. The topological polar surface area (TPSA) is 71.4 Å². The van der Waals surface area contributed by atoms with Gasteiger partial charge >= 0.3 is 6.01 Å². The summed E-state index contributed by atoms with van der Waals surface area (Å²) in [6, 6.07) is 16.2. The lowest BCUT2D eigenvalue weighted by atomic mass is 10.0. The molecule has 1 N–H and O–H groups in total. The number of aromatic hydroxyl groups is 1. The quantitative estimate of drug-likeness (QED) is 0.462. The van der Waals surface area contributed by atoms with Gasteiger partial charge in [-0.05, 0) is 60.4 Å². The Bertz CT molecular complexity index is 1190. The first-order valence-electron chi connectivity index (χ1n) is 9.85. The SMILES string of the molecule is Cc1cc(Oc2nc(O)c3ccncc3n2)ccc1N(C)c1ccc(C(C)C)cc1. The number of rotatable bonds is 5. The number of aryl methyl sites for hydroxylation is 1. The van der Waals surface area contributed by atoms with Crippen molar-refractivity contribution in [2.45, 2.75) is 26.7 Å². The monoisotopic (exact) mass is 400 g/mol. The van der Waals surface area contributed by atoms with Crippen molar-refractivity contribution in [3.05, 3.63) is 72.1 Å². The van der Waals surface area contributed by atoms with Gasteiger partial charge in [0.15, 0.2) is 0 Å². The maximum Gasteiger partial charge on any atom is 0.325 e. The highest BCUT2D eigenvalue weighted by molar-refractivity contribution is 5.82. The first kappa shape index (κ1) is 19.6. The van der Waals surface area contributed by atoms with E-state index in [1.165, 1.54) is 5.56 Å². The third-order valence-corrected chi connectivity index (χ3v) is 5.14. The lowest BCUT2D eigenvalue weighted by Crippen LogP contribution is -2.11. The Morgan fingerprint density at radius 1 is 1.00 bits per heavy atom. The van der Waals surface area contributed by atoms with Gasteiger partial charge in [0, 0.05) is 24.6 Å². The molecule has 152 valence electrons. The predicted molar refractivity (Wildman–Crippen MR) is 119 cm³/mol. The minimum atomic E-state index is -0.129. The Morgan fingerprint density at radius 2 is 1.77 bits per heavy atom. The van der Waals surface area contributed by atoms with Crippen LogP contribution in [0.3, 0.4) is 0 Å². The van der Waals surface area contributed by atoms with Gasteiger partial charge in [0.25, 0.3) is 0 Å². The molecule has 2 aromatic carbocycles. The number of pyridine rings is 1. The van der Waals surface area contributed by atoms with Crippen LogP contribution in [-0.4, -0.2) is 27.1 Å². The Kier molecular flexibility index (Phi) is 5.23. The summed E-state index contributed by atoms with van der Waals surface area (Å²) in [4.78, 5) is 14.5. The molecule has 0 saturated carbocycles. The molecule has 30 heavy (non-hydrogen) atoms. The molecule has 0 bridgehead atoms. The average molecular weight is 400 g/mol. The number of hydrogen-bond acceptors (Lipinski definition) is 6. The summed E-state index contributed by atoms with van der Waals surface area (Å²) < 4.78 is 5.80. The van der Waals surface area contributed by atoms with E-state index in [1.807, 2.05) is 32.2 Å². The second kappa shape index (κ2) is 7.99. The highest BCUT2D eigenvalue weighted by Gasteiger charge is 2.12. The van der Waals surface area contributed by atoms with Crippen molar-refractivity contribution >= 4 is 22.3 Å². The van der Waals surface area contributed by atoms with Crippen LogP contribution in [0.4, 0.5) is 11.4 Å². The van der Waals surface area contributed by atoms with E-state index in [0.717, 1.165) is 16.9 Å². The lowest BCUT2D eigenvalue weighted by Gasteiger charge is -2.22. The van der Waals surface area contributed by atoms with Gasteiger partial charge in [-0.3, -0.25) is 4.98 Å². The number of nitrogens with zero attached hydrogens (tertiary/aromatic N) is 4. The summed E-state index contributed by atoms with van der Waals surface area (Å²) in [7, 11) is 2.05. The molecule has 2 heterocycles. The van der Waals surface area contributed by atoms with Gasteiger partial charge in [0.2, 0.25) is 5.88 Å². The largest absolute Gasteiger partial charge is 0.493 e. The summed E-state index contributed by atoms with van der Waals surface area (Å²) >= 11 is 0. The van der Waals surface area contributed by atoms with Crippen molar-refractivity contribution in [1.29, 1.82) is 0 Å². The average Bonchev–Trinajstić information content (AvgIpc) is 2.73. The van der Waals surface area contributed by atoms with Crippen LogP contribution in [0, 0.1) is 6.92 Å². The molecule has 0 amide bonds. The molecule has 0 unspecified atom stereocenters. The fourth-order valence-electron chi connectivity index (χ4n) is 3.38. The minimum Gasteiger partial charge on any atom is -0.493 e. The van der Waals surface area contributed by atoms with Crippen LogP contribution in [0.5, 0.6) is 17.6 Å². The minimum absolute atomic E-state index is 0.0813. The van der Waals surface area contributed by atoms with Crippen LogP contribution < -0.4 is 9.64 Å². The Labute approximate surface area is 175 Å². The molecule has 2 aromatic heterocycles. The Balaban J connectivity index is 1.57. The van der Waals surface area contributed by atoms with Crippen molar-refractivity contribution in [3.8, 4) is 17.6 Å². The van der Waals surface area contributed by atoms with E-state index in [9.17, 15) is 5.11 Å². The van der Waals surface area contributed by atoms with Gasteiger partial charge < -0.3 is 14.7 Å². The summed E-state index contributed by atoms with van der Waals surface area (Å²) in [5.41, 5.74) is 5.09. The standard InChI is InChI=1S/C24H24N4O2/c1-15(2)17-5-7-18(8-6-17)28(4)22-10-9-19(13-16(22)3)30-24-26-21-14-25-12-11-20(21)23(29)27-24/h5-15H,1-4H3,(H,26,27,29). The number of benzene rings is 2. The molecule has 0 aliphatic rings. The maximum absolute atomic E-state index is 10.1. The van der Waals surface area contributed by atoms with Crippen LogP contribution in [0.25, 0.3) is 10.9 Å². The molecule has 0 aliphatic heterocycles. The highest BCUT2D eigenvalue weighted by atomic mass is 16.5. The van der Waals surface area contributed by atoms with Crippen LogP contribution in [0.1, 0.15) is 30.9 Å². The molecule has 0 fully saturated rings. The molecule has 6 heteroatoms. The van der Waals surface area contributed by atoms with Crippen LogP contribution >= 0.6 is 0 Å². The zero-order chi connectivity index (χ0) is 21.3. The fraction of sp³-hybridized carbons (Fsp3) is 0.208. The van der Waals surface area contributed by atoms with Gasteiger partial charge in [-0.15, -0.1) is 0 Å². The summed E-state index contributed by atoms with van der Waals surface area (Å²) in [6.07, 6.45) is 3.15. The molecule has 0 spiro atoms. The molecule has 0 radical (unpaired) electrons. The van der Waals surface area contributed by atoms with Crippen LogP contribution in [0.2, 0.25) is 0 Å². The maximum atomic E-state index is 10.1. The number of aromatic nitrogens is 3. The third kappa shape index (κ3) is 3.89. The van der Waals surface area contributed by atoms with E-state index in [-0.39, 0.29) is 11.9 Å².